The summed E-state index contributed by atoms with van der Waals surface area (Å²) in [4.78, 5) is 4.77. The zero-order chi connectivity index (χ0) is 12.1. The smallest absolute Gasteiger partial charge is 0.106 e. The first-order valence-corrected chi connectivity index (χ1v) is 5.46. The quantitative estimate of drug-likeness (QED) is 0.624. The van der Waals surface area contributed by atoms with E-state index in [4.69, 9.17) is 4.84 Å². The van der Waals surface area contributed by atoms with E-state index >= 15 is 0 Å². The van der Waals surface area contributed by atoms with Crippen LogP contribution in [0.3, 0.4) is 0 Å². The maximum Gasteiger partial charge on any atom is 0.106 e. The molecule has 3 heteroatoms. The standard InChI is InChI=1S/C13H20N2O/c1-9-7-6-8-10(2)13(9)14-11(3)12(4)15-16-5/h6-8,11,14H,1-5H3. The van der Waals surface area contributed by atoms with Crippen LogP contribution < -0.4 is 5.32 Å². The van der Waals surface area contributed by atoms with Crippen LogP contribution in [0.2, 0.25) is 0 Å². The predicted octanol–water partition coefficient (Wildman–Crippen LogP) is 3.13. The summed E-state index contributed by atoms with van der Waals surface area (Å²) >= 11 is 0. The second kappa shape index (κ2) is 5.54. The Hall–Kier alpha value is -1.51. The number of rotatable bonds is 4. The third kappa shape index (κ3) is 2.99. The molecule has 1 aromatic rings. The highest BCUT2D eigenvalue weighted by atomic mass is 16.6. The van der Waals surface area contributed by atoms with Crippen molar-refractivity contribution in [2.75, 3.05) is 12.4 Å². The summed E-state index contributed by atoms with van der Waals surface area (Å²) in [5, 5.41) is 7.39. The number of benzene rings is 1. The molecule has 0 aliphatic carbocycles. The number of hydrogen-bond acceptors (Lipinski definition) is 3. The van der Waals surface area contributed by atoms with Crippen LogP contribution in [0.1, 0.15) is 25.0 Å². The first-order valence-electron chi connectivity index (χ1n) is 5.46. The van der Waals surface area contributed by atoms with Crippen LogP contribution in [0, 0.1) is 13.8 Å². The summed E-state index contributed by atoms with van der Waals surface area (Å²) in [6.07, 6.45) is 0. The van der Waals surface area contributed by atoms with Crippen LogP contribution in [0.5, 0.6) is 0 Å². The largest absolute Gasteiger partial charge is 0.399 e. The Kier molecular flexibility index (Phi) is 4.35. The number of nitrogens with one attached hydrogen (secondary N) is 1. The molecule has 0 aliphatic rings. The van der Waals surface area contributed by atoms with Crippen molar-refractivity contribution in [1.29, 1.82) is 0 Å². The topological polar surface area (TPSA) is 33.6 Å². The molecule has 0 bridgehead atoms. The van der Waals surface area contributed by atoms with Gasteiger partial charge in [0.25, 0.3) is 0 Å². The molecule has 1 N–H and O–H groups in total. The third-order valence-electron chi connectivity index (χ3n) is 2.70. The van der Waals surface area contributed by atoms with Crippen molar-refractivity contribution in [3.05, 3.63) is 29.3 Å². The molecule has 88 valence electrons. The Morgan fingerprint density at radius 3 is 2.38 bits per heavy atom. The first-order chi connectivity index (χ1) is 7.56. The molecule has 0 aromatic heterocycles. The molecule has 3 nitrogen and oxygen atoms in total. The van der Waals surface area contributed by atoms with E-state index in [1.807, 2.05) is 6.92 Å². The average molecular weight is 220 g/mol. The molecular weight excluding hydrogens is 200 g/mol. The fraction of sp³-hybridized carbons (Fsp3) is 0.462. The highest BCUT2D eigenvalue weighted by Crippen LogP contribution is 2.20. The van der Waals surface area contributed by atoms with Crippen LogP contribution in [0.15, 0.2) is 23.4 Å². The minimum absolute atomic E-state index is 0.166. The van der Waals surface area contributed by atoms with Gasteiger partial charge in [-0.2, -0.15) is 0 Å². The third-order valence-corrected chi connectivity index (χ3v) is 2.70. The van der Waals surface area contributed by atoms with Gasteiger partial charge < -0.3 is 10.2 Å². The zero-order valence-electron chi connectivity index (χ0n) is 10.7. The number of para-hydroxylation sites is 1. The number of aryl methyl sites for hydroxylation is 2. The molecule has 0 saturated carbocycles. The fourth-order valence-corrected chi connectivity index (χ4v) is 1.59. The maximum absolute atomic E-state index is 4.77. The number of nitrogens with zero attached hydrogens (tertiary/aromatic N) is 1. The van der Waals surface area contributed by atoms with Gasteiger partial charge in [-0.3, -0.25) is 0 Å². The van der Waals surface area contributed by atoms with E-state index in [0.29, 0.717) is 0 Å². The minimum Gasteiger partial charge on any atom is -0.399 e. The lowest BCUT2D eigenvalue weighted by atomic mass is 10.1. The summed E-state index contributed by atoms with van der Waals surface area (Å²) in [5.74, 6) is 0. The molecule has 0 heterocycles. The van der Waals surface area contributed by atoms with Gasteiger partial charge in [-0.1, -0.05) is 23.4 Å². The van der Waals surface area contributed by atoms with Crippen molar-refractivity contribution in [1.82, 2.24) is 0 Å². The Bertz CT molecular complexity index is 365. The van der Waals surface area contributed by atoms with Gasteiger partial charge in [0.1, 0.15) is 7.11 Å². The number of anilines is 1. The highest BCUT2D eigenvalue weighted by Gasteiger charge is 2.09. The van der Waals surface area contributed by atoms with Crippen molar-refractivity contribution in [3.8, 4) is 0 Å². The van der Waals surface area contributed by atoms with Gasteiger partial charge in [-0.05, 0) is 38.8 Å². The second-order valence-corrected chi connectivity index (χ2v) is 4.05. The Morgan fingerprint density at radius 2 is 1.88 bits per heavy atom. The van der Waals surface area contributed by atoms with Crippen molar-refractivity contribution < 1.29 is 4.84 Å². The van der Waals surface area contributed by atoms with E-state index in [1.54, 1.807) is 7.11 Å². The minimum atomic E-state index is 0.166. The van der Waals surface area contributed by atoms with Gasteiger partial charge in [0.15, 0.2) is 0 Å². The van der Waals surface area contributed by atoms with E-state index in [9.17, 15) is 0 Å². The van der Waals surface area contributed by atoms with E-state index in [1.165, 1.54) is 16.8 Å². The molecule has 0 radical (unpaired) electrons. The summed E-state index contributed by atoms with van der Waals surface area (Å²) in [6, 6.07) is 6.44. The average Bonchev–Trinajstić information content (AvgIpc) is 2.23. The van der Waals surface area contributed by atoms with Gasteiger partial charge in [0.2, 0.25) is 0 Å². The first kappa shape index (κ1) is 12.6. The molecule has 0 fully saturated rings. The lowest BCUT2D eigenvalue weighted by molar-refractivity contribution is 0.212. The van der Waals surface area contributed by atoms with Crippen molar-refractivity contribution >= 4 is 11.4 Å². The molecule has 16 heavy (non-hydrogen) atoms. The van der Waals surface area contributed by atoms with Crippen molar-refractivity contribution in [2.24, 2.45) is 5.16 Å². The van der Waals surface area contributed by atoms with Gasteiger partial charge >= 0.3 is 0 Å². The molecule has 1 rings (SSSR count). The van der Waals surface area contributed by atoms with Crippen molar-refractivity contribution in [3.63, 3.8) is 0 Å². The van der Waals surface area contributed by atoms with Crippen LogP contribution in [-0.4, -0.2) is 18.9 Å². The summed E-state index contributed by atoms with van der Waals surface area (Å²) in [5.41, 5.74) is 4.61. The number of oxime groups is 1. The molecule has 1 atom stereocenters. The van der Waals surface area contributed by atoms with Gasteiger partial charge in [0, 0.05) is 5.69 Å². The van der Waals surface area contributed by atoms with E-state index in [0.717, 1.165) is 5.71 Å². The summed E-state index contributed by atoms with van der Waals surface area (Å²) in [7, 11) is 1.56. The van der Waals surface area contributed by atoms with Crippen molar-refractivity contribution in [2.45, 2.75) is 33.7 Å². The Morgan fingerprint density at radius 1 is 1.31 bits per heavy atom. The molecular formula is C13H20N2O. The Labute approximate surface area is 97.5 Å². The summed E-state index contributed by atoms with van der Waals surface area (Å²) in [6.45, 7) is 8.23. The molecule has 0 saturated heterocycles. The van der Waals surface area contributed by atoms with E-state index < -0.39 is 0 Å². The molecule has 0 amide bonds. The Balaban J connectivity index is 2.84. The van der Waals surface area contributed by atoms with Crippen LogP contribution >= 0.6 is 0 Å². The zero-order valence-corrected chi connectivity index (χ0v) is 10.7. The summed E-state index contributed by atoms with van der Waals surface area (Å²) < 4.78 is 0. The highest BCUT2D eigenvalue weighted by molar-refractivity contribution is 5.89. The lowest BCUT2D eigenvalue weighted by Gasteiger charge is -2.18. The van der Waals surface area contributed by atoms with Crippen LogP contribution in [-0.2, 0) is 4.84 Å². The van der Waals surface area contributed by atoms with Crippen LogP contribution in [0.25, 0.3) is 0 Å². The van der Waals surface area contributed by atoms with Gasteiger partial charge in [0.05, 0.1) is 11.8 Å². The van der Waals surface area contributed by atoms with E-state index in [2.05, 4.69) is 49.4 Å². The molecule has 0 aliphatic heterocycles. The predicted molar refractivity (Wildman–Crippen MR) is 69.1 cm³/mol. The SMILES string of the molecule is CON=C(C)C(C)Nc1c(C)cccc1C. The molecule has 0 spiro atoms. The van der Waals surface area contributed by atoms with Gasteiger partial charge in [-0.25, -0.2) is 0 Å². The fourth-order valence-electron chi connectivity index (χ4n) is 1.59. The molecule has 1 unspecified atom stereocenters. The van der Waals surface area contributed by atoms with Gasteiger partial charge in [-0.15, -0.1) is 0 Å². The maximum atomic E-state index is 4.77. The molecule has 1 aromatic carbocycles. The van der Waals surface area contributed by atoms with Crippen LogP contribution in [0.4, 0.5) is 5.69 Å². The van der Waals surface area contributed by atoms with E-state index in [-0.39, 0.29) is 6.04 Å². The normalized spacial score (nSPS) is 13.4. The second-order valence-electron chi connectivity index (χ2n) is 4.05. The number of hydrogen-bond donors (Lipinski definition) is 1. The lowest BCUT2D eigenvalue weighted by Crippen LogP contribution is -2.24. The monoisotopic (exact) mass is 220 g/mol.